The number of halogens is 1. The van der Waals surface area contributed by atoms with Crippen LogP contribution in [-0.2, 0) is 4.74 Å². The third kappa shape index (κ3) is 3.85. The highest BCUT2D eigenvalue weighted by atomic mass is 35.5. The second-order valence-corrected chi connectivity index (χ2v) is 8.02. The average Bonchev–Trinajstić information content (AvgIpc) is 3.16. The number of carbonyl (C=O) groups excluding carboxylic acids is 1. The lowest BCUT2D eigenvalue weighted by Gasteiger charge is -2.14. The molecule has 32 heavy (non-hydrogen) atoms. The molecule has 0 aliphatic heterocycles. The van der Waals surface area contributed by atoms with Crippen LogP contribution in [0.25, 0.3) is 28.0 Å². The third-order valence-corrected chi connectivity index (χ3v) is 6.08. The summed E-state index contributed by atoms with van der Waals surface area (Å²) in [5.41, 5.74) is 5.76. The SMILES string of the molecule is O=C(NCC=Cc1cnc(Cl)c2ccccc12)OCC1c2ccccc2-c2ccccc21. The largest absolute Gasteiger partial charge is 0.449 e. The molecule has 1 N–H and O–H groups in total. The number of carbonyl (C=O) groups is 1. The van der Waals surface area contributed by atoms with Crippen LogP contribution in [0.4, 0.5) is 4.79 Å². The van der Waals surface area contributed by atoms with Crippen LogP contribution in [-0.4, -0.2) is 24.2 Å². The molecule has 0 radical (unpaired) electrons. The zero-order chi connectivity index (χ0) is 21.9. The number of amides is 1. The number of ether oxygens (including phenoxy) is 1. The van der Waals surface area contributed by atoms with Crippen LogP contribution in [0.2, 0.25) is 5.15 Å². The summed E-state index contributed by atoms with van der Waals surface area (Å²) in [4.78, 5) is 16.5. The average molecular weight is 441 g/mol. The molecule has 1 aliphatic carbocycles. The maximum absolute atomic E-state index is 12.3. The van der Waals surface area contributed by atoms with E-state index in [2.05, 4.69) is 34.6 Å². The van der Waals surface area contributed by atoms with E-state index in [1.165, 1.54) is 22.3 Å². The van der Waals surface area contributed by atoms with Gasteiger partial charge in [-0.2, -0.15) is 0 Å². The van der Waals surface area contributed by atoms with Crippen molar-refractivity contribution < 1.29 is 9.53 Å². The fourth-order valence-electron chi connectivity index (χ4n) is 4.29. The molecule has 1 heterocycles. The van der Waals surface area contributed by atoms with Gasteiger partial charge in [-0.05, 0) is 27.6 Å². The molecule has 1 aromatic heterocycles. The Morgan fingerprint density at radius 1 is 0.938 bits per heavy atom. The molecule has 0 spiro atoms. The highest BCUT2D eigenvalue weighted by Gasteiger charge is 2.28. The number of hydrogen-bond donors (Lipinski definition) is 1. The Hall–Kier alpha value is -3.63. The minimum Gasteiger partial charge on any atom is -0.449 e. The molecule has 3 aromatic carbocycles. The van der Waals surface area contributed by atoms with Crippen molar-refractivity contribution in [3.63, 3.8) is 0 Å². The predicted octanol–water partition coefficient (Wildman–Crippen LogP) is 6.44. The first-order valence-corrected chi connectivity index (χ1v) is 10.9. The van der Waals surface area contributed by atoms with E-state index in [9.17, 15) is 4.79 Å². The third-order valence-electron chi connectivity index (χ3n) is 5.78. The summed E-state index contributed by atoms with van der Waals surface area (Å²) in [5.74, 6) is 0.0511. The maximum atomic E-state index is 12.3. The Bertz CT molecular complexity index is 1290. The van der Waals surface area contributed by atoms with Gasteiger partial charge in [0.05, 0.1) is 0 Å². The fourth-order valence-corrected chi connectivity index (χ4v) is 4.50. The predicted molar refractivity (Wildman–Crippen MR) is 129 cm³/mol. The Morgan fingerprint density at radius 3 is 2.28 bits per heavy atom. The second kappa shape index (κ2) is 8.85. The summed E-state index contributed by atoms with van der Waals surface area (Å²) in [7, 11) is 0. The van der Waals surface area contributed by atoms with Crippen LogP contribution in [0.3, 0.4) is 0 Å². The van der Waals surface area contributed by atoms with E-state index in [-0.39, 0.29) is 5.92 Å². The monoisotopic (exact) mass is 440 g/mol. The summed E-state index contributed by atoms with van der Waals surface area (Å²) in [6.45, 7) is 0.656. The first-order chi connectivity index (χ1) is 15.7. The highest BCUT2D eigenvalue weighted by molar-refractivity contribution is 6.34. The van der Waals surface area contributed by atoms with Gasteiger partial charge in [0.2, 0.25) is 0 Å². The van der Waals surface area contributed by atoms with Gasteiger partial charge in [-0.3, -0.25) is 0 Å². The summed E-state index contributed by atoms with van der Waals surface area (Å²) in [6, 6.07) is 24.4. The van der Waals surface area contributed by atoms with Gasteiger partial charge in [0.25, 0.3) is 0 Å². The van der Waals surface area contributed by atoms with Crippen molar-refractivity contribution >= 4 is 34.5 Å². The number of hydrogen-bond acceptors (Lipinski definition) is 3. The fraction of sp³-hybridized carbons (Fsp3) is 0.111. The van der Waals surface area contributed by atoms with Crippen molar-refractivity contribution in [1.82, 2.24) is 10.3 Å². The van der Waals surface area contributed by atoms with Crippen molar-refractivity contribution in [2.45, 2.75) is 5.92 Å². The minimum atomic E-state index is -0.435. The zero-order valence-electron chi connectivity index (χ0n) is 17.3. The van der Waals surface area contributed by atoms with Crippen LogP contribution in [0.5, 0.6) is 0 Å². The number of nitrogens with zero attached hydrogens (tertiary/aromatic N) is 1. The number of benzene rings is 3. The van der Waals surface area contributed by atoms with E-state index in [4.69, 9.17) is 16.3 Å². The summed E-state index contributed by atoms with van der Waals surface area (Å²) < 4.78 is 5.56. The number of nitrogens with one attached hydrogen (secondary N) is 1. The van der Waals surface area contributed by atoms with Crippen LogP contribution in [0.1, 0.15) is 22.6 Å². The molecule has 158 valence electrons. The first-order valence-electron chi connectivity index (χ1n) is 10.5. The van der Waals surface area contributed by atoms with Gasteiger partial charge in [-0.15, -0.1) is 0 Å². The summed E-state index contributed by atoms with van der Waals surface area (Å²) >= 11 is 6.17. The molecule has 0 atom stereocenters. The Kier molecular flexibility index (Phi) is 5.61. The van der Waals surface area contributed by atoms with Crippen molar-refractivity contribution in [3.8, 4) is 11.1 Å². The molecular weight excluding hydrogens is 420 g/mol. The van der Waals surface area contributed by atoms with E-state index in [1.54, 1.807) is 6.20 Å². The van der Waals surface area contributed by atoms with Crippen LogP contribution >= 0.6 is 11.6 Å². The van der Waals surface area contributed by atoms with Crippen LogP contribution in [0.15, 0.2) is 85.1 Å². The molecular formula is C27H21ClN2O2. The molecule has 1 amide bonds. The van der Waals surface area contributed by atoms with Crippen LogP contribution in [0, 0.1) is 0 Å². The topological polar surface area (TPSA) is 51.2 Å². The molecule has 5 heteroatoms. The van der Waals surface area contributed by atoms with Crippen molar-refractivity contribution in [3.05, 3.63) is 107 Å². The smallest absolute Gasteiger partial charge is 0.407 e. The molecule has 0 bridgehead atoms. The van der Waals surface area contributed by atoms with E-state index in [1.807, 2.05) is 60.7 Å². The minimum absolute atomic E-state index is 0.0511. The molecule has 0 saturated carbocycles. The summed E-state index contributed by atoms with van der Waals surface area (Å²) in [6.07, 6.45) is 5.10. The molecule has 0 fully saturated rings. The van der Waals surface area contributed by atoms with Gasteiger partial charge >= 0.3 is 6.09 Å². The lowest BCUT2D eigenvalue weighted by Crippen LogP contribution is -2.26. The van der Waals surface area contributed by atoms with E-state index in [0.29, 0.717) is 18.3 Å². The van der Waals surface area contributed by atoms with Gasteiger partial charge in [-0.1, -0.05) is 96.5 Å². The number of aromatic nitrogens is 1. The Morgan fingerprint density at radius 2 is 1.56 bits per heavy atom. The number of fused-ring (bicyclic) bond motifs is 4. The molecule has 1 aliphatic rings. The molecule has 0 saturated heterocycles. The number of pyridine rings is 1. The van der Waals surface area contributed by atoms with E-state index in [0.717, 1.165) is 16.3 Å². The van der Waals surface area contributed by atoms with Gasteiger partial charge in [0.1, 0.15) is 11.8 Å². The second-order valence-electron chi connectivity index (χ2n) is 7.66. The van der Waals surface area contributed by atoms with Crippen molar-refractivity contribution in [2.75, 3.05) is 13.2 Å². The highest BCUT2D eigenvalue weighted by Crippen LogP contribution is 2.44. The van der Waals surface area contributed by atoms with Crippen LogP contribution < -0.4 is 5.32 Å². The molecule has 0 unspecified atom stereocenters. The van der Waals surface area contributed by atoms with Gasteiger partial charge in [0, 0.05) is 29.6 Å². The summed E-state index contributed by atoms with van der Waals surface area (Å²) in [5, 5.41) is 5.19. The van der Waals surface area contributed by atoms with Gasteiger partial charge < -0.3 is 10.1 Å². The first kappa shape index (κ1) is 20.3. The molecule has 5 rings (SSSR count). The number of rotatable bonds is 5. The Labute approximate surface area is 191 Å². The van der Waals surface area contributed by atoms with Gasteiger partial charge in [0.15, 0.2) is 0 Å². The Balaban J connectivity index is 1.20. The molecule has 4 nitrogen and oxygen atoms in total. The standard InChI is InChI=1S/C27H21ClN2O2/c28-26-24-14-6-1-9-19(24)18(16-30-26)8-7-15-29-27(31)32-17-25-22-12-4-2-10-20(22)21-11-3-5-13-23(21)25/h1-14,16,25H,15,17H2,(H,29,31). The van der Waals surface area contributed by atoms with Crippen molar-refractivity contribution in [1.29, 1.82) is 0 Å². The van der Waals surface area contributed by atoms with E-state index < -0.39 is 6.09 Å². The molecule has 4 aromatic rings. The lowest BCUT2D eigenvalue weighted by molar-refractivity contribution is 0.144. The zero-order valence-corrected chi connectivity index (χ0v) is 18.0. The van der Waals surface area contributed by atoms with Crippen molar-refractivity contribution in [2.24, 2.45) is 0 Å². The lowest BCUT2D eigenvalue weighted by atomic mass is 9.98. The quantitative estimate of drug-likeness (QED) is 0.363. The van der Waals surface area contributed by atoms with E-state index >= 15 is 0 Å². The number of alkyl carbamates (subject to hydrolysis) is 1. The van der Waals surface area contributed by atoms with Gasteiger partial charge in [-0.25, -0.2) is 9.78 Å². The normalized spacial score (nSPS) is 12.7. The maximum Gasteiger partial charge on any atom is 0.407 e.